The van der Waals surface area contributed by atoms with Crippen molar-refractivity contribution in [2.45, 2.75) is 26.6 Å². The van der Waals surface area contributed by atoms with E-state index >= 15 is 0 Å². The number of nitrogens with zero attached hydrogens (tertiary/aromatic N) is 3. The molecule has 0 aromatic carbocycles. The van der Waals surface area contributed by atoms with Crippen LogP contribution in [0.3, 0.4) is 0 Å². The molecule has 0 unspecified atom stereocenters. The topological polar surface area (TPSA) is 93.5 Å². The van der Waals surface area contributed by atoms with Crippen molar-refractivity contribution in [1.82, 2.24) is 19.4 Å². The Kier molecular flexibility index (Phi) is 4.29. The zero-order valence-electron chi connectivity index (χ0n) is 11.5. The smallest absolute Gasteiger partial charge is 0.407 e. The van der Waals surface area contributed by atoms with Crippen molar-refractivity contribution >= 4 is 16.1 Å². The number of sulfonamides is 1. The second-order valence-corrected chi connectivity index (χ2v) is 6.50. The predicted molar refractivity (Wildman–Crippen MR) is 71.3 cm³/mol. The van der Waals surface area contributed by atoms with Gasteiger partial charge >= 0.3 is 6.09 Å². The molecule has 2 rings (SSSR count). The molecule has 1 N–H and O–H groups in total. The van der Waals surface area contributed by atoms with E-state index in [9.17, 15) is 13.2 Å². The van der Waals surface area contributed by atoms with Gasteiger partial charge in [0.1, 0.15) is 0 Å². The van der Waals surface area contributed by atoms with E-state index in [1.807, 2.05) is 0 Å². The van der Waals surface area contributed by atoms with Crippen molar-refractivity contribution in [3.63, 3.8) is 0 Å². The Balaban J connectivity index is 2.00. The van der Waals surface area contributed by atoms with Gasteiger partial charge in [-0.1, -0.05) is 0 Å². The van der Waals surface area contributed by atoms with Gasteiger partial charge in [-0.3, -0.25) is 4.68 Å². The number of hydrogen-bond acceptors (Lipinski definition) is 5. The summed E-state index contributed by atoms with van der Waals surface area (Å²) in [4.78, 5) is 11.2. The molecule has 1 aromatic rings. The molecule has 8 nitrogen and oxygen atoms in total. The summed E-state index contributed by atoms with van der Waals surface area (Å²) in [6.45, 7) is 3.55. The standard InChI is InChI=1S/C11H18N4O4S/c1-3-19-11(16)12-7-9-6-10-8-14(20(2,17)18)4-5-15(10)13-9/h6H,3-5,7-8H2,1-2H3,(H,12,16). The molecule has 0 radical (unpaired) electrons. The lowest BCUT2D eigenvalue weighted by Gasteiger charge is -2.25. The van der Waals surface area contributed by atoms with Crippen LogP contribution >= 0.6 is 0 Å². The van der Waals surface area contributed by atoms with Gasteiger partial charge in [0.2, 0.25) is 10.0 Å². The fraction of sp³-hybridized carbons (Fsp3) is 0.636. The fourth-order valence-corrected chi connectivity index (χ4v) is 2.80. The van der Waals surface area contributed by atoms with Gasteiger partial charge in [0, 0.05) is 6.54 Å². The van der Waals surface area contributed by atoms with Gasteiger partial charge < -0.3 is 10.1 Å². The number of ether oxygens (including phenoxy) is 1. The minimum Gasteiger partial charge on any atom is -0.450 e. The van der Waals surface area contributed by atoms with E-state index in [1.54, 1.807) is 17.7 Å². The summed E-state index contributed by atoms with van der Waals surface area (Å²) in [5, 5.41) is 6.91. The lowest BCUT2D eigenvalue weighted by molar-refractivity contribution is 0.151. The number of nitrogens with one attached hydrogen (secondary N) is 1. The second-order valence-electron chi connectivity index (χ2n) is 4.52. The molecule has 1 aliphatic heterocycles. The first-order valence-corrected chi connectivity index (χ1v) is 8.16. The Morgan fingerprint density at radius 1 is 1.50 bits per heavy atom. The lowest BCUT2D eigenvalue weighted by atomic mass is 10.3. The molecule has 0 saturated carbocycles. The largest absolute Gasteiger partial charge is 0.450 e. The molecule has 1 amide bonds. The number of alkyl carbamates (subject to hydrolysis) is 1. The Morgan fingerprint density at radius 3 is 2.90 bits per heavy atom. The van der Waals surface area contributed by atoms with Crippen LogP contribution in [0.4, 0.5) is 4.79 Å². The highest BCUT2D eigenvalue weighted by molar-refractivity contribution is 7.88. The van der Waals surface area contributed by atoms with Crippen molar-refractivity contribution < 1.29 is 17.9 Å². The Labute approximate surface area is 117 Å². The monoisotopic (exact) mass is 302 g/mol. The van der Waals surface area contributed by atoms with Crippen molar-refractivity contribution in [2.75, 3.05) is 19.4 Å². The maximum absolute atomic E-state index is 11.5. The van der Waals surface area contributed by atoms with Crippen molar-refractivity contribution in [3.8, 4) is 0 Å². The molecule has 0 spiro atoms. The number of aromatic nitrogens is 2. The van der Waals surface area contributed by atoms with E-state index in [4.69, 9.17) is 4.74 Å². The number of hydrogen-bond donors (Lipinski definition) is 1. The predicted octanol–water partition coefficient (Wildman–Crippen LogP) is -0.0956. The highest BCUT2D eigenvalue weighted by Crippen LogP contribution is 2.15. The Bertz CT molecular complexity index is 596. The molecule has 2 heterocycles. The summed E-state index contributed by atoms with van der Waals surface area (Å²) in [7, 11) is -3.19. The fourth-order valence-electron chi connectivity index (χ4n) is 2.02. The first-order chi connectivity index (χ1) is 9.40. The molecule has 0 saturated heterocycles. The minimum atomic E-state index is -3.19. The summed E-state index contributed by atoms with van der Waals surface area (Å²) in [5.74, 6) is 0. The molecule has 0 aliphatic carbocycles. The third-order valence-electron chi connectivity index (χ3n) is 2.97. The summed E-state index contributed by atoms with van der Waals surface area (Å²) >= 11 is 0. The molecule has 1 aliphatic rings. The van der Waals surface area contributed by atoms with Crippen molar-refractivity contribution in [2.24, 2.45) is 0 Å². The van der Waals surface area contributed by atoms with Gasteiger partial charge in [-0.25, -0.2) is 13.2 Å². The zero-order chi connectivity index (χ0) is 14.8. The summed E-state index contributed by atoms with van der Waals surface area (Å²) in [6.07, 6.45) is 0.707. The normalized spacial score (nSPS) is 15.7. The Morgan fingerprint density at radius 2 is 2.25 bits per heavy atom. The Hall–Kier alpha value is -1.61. The molecule has 0 atom stereocenters. The number of amides is 1. The van der Waals surface area contributed by atoms with Crippen LogP contribution in [0.5, 0.6) is 0 Å². The molecular formula is C11H18N4O4S. The number of carbonyl (C=O) groups excluding carboxylic acids is 1. The van der Waals surface area contributed by atoms with Gasteiger partial charge in [-0.05, 0) is 13.0 Å². The van der Waals surface area contributed by atoms with Crippen LogP contribution in [0.25, 0.3) is 0 Å². The number of rotatable bonds is 4. The zero-order valence-corrected chi connectivity index (χ0v) is 12.3. The highest BCUT2D eigenvalue weighted by Gasteiger charge is 2.24. The third kappa shape index (κ3) is 3.48. The van der Waals surface area contributed by atoms with E-state index < -0.39 is 16.1 Å². The minimum absolute atomic E-state index is 0.262. The quantitative estimate of drug-likeness (QED) is 0.838. The third-order valence-corrected chi connectivity index (χ3v) is 4.22. The van der Waals surface area contributed by atoms with Gasteiger partial charge in [-0.2, -0.15) is 9.40 Å². The van der Waals surface area contributed by atoms with Crippen LogP contribution in [-0.4, -0.2) is 48.0 Å². The molecule has 0 bridgehead atoms. The SMILES string of the molecule is CCOC(=O)NCc1cc2n(n1)CCN(S(C)(=O)=O)C2. The van der Waals surface area contributed by atoms with Crippen LogP contribution in [0.1, 0.15) is 18.3 Å². The summed E-state index contributed by atoms with van der Waals surface area (Å²) in [5.41, 5.74) is 1.51. The van der Waals surface area contributed by atoms with Crippen LogP contribution < -0.4 is 5.32 Å². The number of fused-ring (bicyclic) bond motifs is 1. The highest BCUT2D eigenvalue weighted by atomic mass is 32.2. The maximum Gasteiger partial charge on any atom is 0.407 e. The second kappa shape index (κ2) is 5.80. The van der Waals surface area contributed by atoms with E-state index in [-0.39, 0.29) is 6.54 Å². The average molecular weight is 302 g/mol. The van der Waals surface area contributed by atoms with Crippen LogP contribution in [0.15, 0.2) is 6.07 Å². The van der Waals surface area contributed by atoms with Crippen molar-refractivity contribution in [1.29, 1.82) is 0 Å². The van der Waals surface area contributed by atoms with Gasteiger partial charge in [0.05, 0.1) is 43.9 Å². The van der Waals surface area contributed by atoms with Crippen LogP contribution in [0.2, 0.25) is 0 Å². The summed E-state index contributed by atoms with van der Waals surface area (Å²) in [6, 6.07) is 1.80. The van der Waals surface area contributed by atoms with Crippen LogP contribution in [0, 0.1) is 0 Å². The van der Waals surface area contributed by atoms with E-state index in [0.717, 1.165) is 5.69 Å². The maximum atomic E-state index is 11.5. The first-order valence-electron chi connectivity index (χ1n) is 6.31. The molecule has 0 fully saturated rings. The van der Waals surface area contributed by atoms with Gasteiger partial charge in [0.15, 0.2) is 0 Å². The van der Waals surface area contributed by atoms with Crippen LogP contribution in [-0.2, 0) is 34.4 Å². The molecule has 20 heavy (non-hydrogen) atoms. The average Bonchev–Trinajstić information content (AvgIpc) is 2.77. The van der Waals surface area contributed by atoms with Crippen molar-refractivity contribution in [3.05, 3.63) is 17.5 Å². The van der Waals surface area contributed by atoms with E-state index in [1.165, 1.54) is 10.6 Å². The summed E-state index contributed by atoms with van der Waals surface area (Å²) < 4.78 is 31.0. The van der Waals surface area contributed by atoms with Gasteiger partial charge in [-0.15, -0.1) is 0 Å². The van der Waals surface area contributed by atoms with E-state index in [0.29, 0.717) is 31.9 Å². The molecule has 1 aromatic heterocycles. The molecular weight excluding hydrogens is 284 g/mol. The lowest BCUT2D eigenvalue weighted by Crippen LogP contribution is -2.37. The molecule has 9 heteroatoms. The van der Waals surface area contributed by atoms with E-state index in [2.05, 4.69) is 10.4 Å². The molecule has 112 valence electrons. The number of carbonyl (C=O) groups is 1. The van der Waals surface area contributed by atoms with Gasteiger partial charge in [0.25, 0.3) is 0 Å². The first kappa shape index (κ1) is 14.8.